The van der Waals surface area contributed by atoms with E-state index in [1.165, 1.54) is 0 Å². The summed E-state index contributed by atoms with van der Waals surface area (Å²) in [5.74, 6) is 1.14. The second kappa shape index (κ2) is 5.38. The fourth-order valence-electron chi connectivity index (χ4n) is 1.75. The van der Waals surface area contributed by atoms with Crippen LogP contribution in [-0.2, 0) is 4.74 Å². The van der Waals surface area contributed by atoms with Gasteiger partial charge in [0, 0.05) is 27.2 Å². The van der Waals surface area contributed by atoms with Crippen LogP contribution in [0.2, 0.25) is 5.15 Å². The van der Waals surface area contributed by atoms with Crippen LogP contribution in [0, 0.1) is 11.3 Å². The van der Waals surface area contributed by atoms with Gasteiger partial charge >= 0.3 is 0 Å². The number of halogens is 1. The highest BCUT2D eigenvalue weighted by molar-refractivity contribution is 6.31. The van der Waals surface area contributed by atoms with Gasteiger partial charge in [-0.05, 0) is 0 Å². The molecule has 1 aromatic heterocycles. The fraction of sp³-hybridized carbons (Fsp3) is 0.545. The molecular formula is C11H14ClN5O. The van der Waals surface area contributed by atoms with Crippen LogP contribution in [-0.4, -0.2) is 50.4 Å². The fourth-order valence-corrected chi connectivity index (χ4v) is 2.05. The molecule has 0 radical (unpaired) electrons. The van der Waals surface area contributed by atoms with Crippen molar-refractivity contribution in [3.05, 3.63) is 10.8 Å². The van der Waals surface area contributed by atoms with Gasteiger partial charge in [0.2, 0.25) is 0 Å². The van der Waals surface area contributed by atoms with E-state index < -0.39 is 0 Å². The smallest absolute Gasteiger partial charge is 0.184 e. The Bertz CT molecular complexity index is 479. The van der Waals surface area contributed by atoms with Crippen LogP contribution in [0.1, 0.15) is 5.69 Å². The number of ether oxygens (including phenoxy) is 1. The molecule has 0 unspecified atom stereocenters. The number of hydrogen-bond donors (Lipinski definition) is 0. The Labute approximate surface area is 111 Å². The lowest BCUT2D eigenvalue weighted by Gasteiger charge is -2.29. The lowest BCUT2D eigenvalue weighted by molar-refractivity contribution is 0.122. The molecule has 0 atom stereocenters. The van der Waals surface area contributed by atoms with Crippen LogP contribution in [0.3, 0.4) is 0 Å². The monoisotopic (exact) mass is 267 g/mol. The number of nitrogens with zero attached hydrogens (tertiary/aromatic N) is 5. The highest BCUT2D eigenvalue weighted by Crippen LogP contribution is 2.26. The molecular weight excluding hydrogens is 254 g/mol. The molecule has 1 aromatic rings. The lowest BCUT2D eigenvalue weighted by Crippen LogP contribution is -2.37. The predicted octanol–water partition coefficient (Wildman–Crippen LogP) is 0.904. The Balaban J connectivity index is 2.43. The summed E-state index contributed by atoms with van der Waals surface area (Å²) in [6, 6.07) is 2.04. The van der Waals surface area contributed by atoms with Gasteiger partial charge in [-0.15, -0.1) is 0 Å². The third-order valence-corrected chi connectivity index (χ3v) is 2.91. The van der Waals surface area contributed by atoms with E-state index in [0.29, 0.717) is 37.9 Å². The molecule has 0 N–H and O–H groups in total. The van der Waals surface area contributed by atoms with Crippen LogP contribution >= 0.6 is 11.6 Å². The molecule has 0 bridgehead atoms. The number of morpholine rings is 1. The SMILES string of the molecule is CN(C)c1nc(N2CCOCC2)c(C#N)nc1Cl. The highest BCUT2D eigenvalue weighted by Gasteiger charge is 2.20. The first-order valence-corrected chi connectivity index (χ1v) is 5.99. The van der Waals surface area contributed by atoms with Crippen molar-refractivity contribution in [2.75, 3.05) is 50.2 Å². The third kappa shape index (κ3) is 2.47. The van der Waals surface area contributed by atoms with Crippen LogP contribution < -0.4 is 9.80 Å². The average Bonchev–Trinajstić information content (AvgIpc) is 2.39. The van der Waals surface area contributed by atoms with E-state index in [9.17, 15) is 0 Å². The maximum Gasteiger partial charge on any atom is 0.184 e. The molecule has 1 saturated heterocycles. The summed E-state index contributed by atoms with van der Waals surface area (Å²) in [6.45, 7) is 2.68. The molecule has 1 fully saturated rings. The van der Waals surface area contributed by atoms with Crippen LogP contribution in [0.4, 0.5) is 11.6 Å². The summed E-state index contributed by atoms with van der Waals surface area (Å²) in [5.41, 5.74) is 0.257. The minimum atomic E-state index is 0.244. The summed E-state index contributed by atoms with van der Waals surface area (Å²) in [6.07, 6.45) is 0. The van der Waals surface area contributed by atoms with Crippen molar-refractivity contribution in [2.24, 2.45) is 0 Å². The Morgan fingerprint density at radius 1 is 1.33 bits per heavy atom. The lowest BCUT2D eigenvalue weighted by atomic mass is 10.3. The zero-order valence-corrected chi connectivity index (χ0v) is 11.1. The predicted molar refractivity (Wildman–Crippen MR) is 69.1 cm³/mol. The highest BCUT2D eigenvalue weighted by atomic mass is 35.5. The molecule has 7 heteroatoms. The molecule has 0 amide bonds. The Morgan fingerprint density at radius 2 is 2.00 bits per heavy atom. The topological polar surface area (TPSA) is 65.3 Å². The molecule has 0 spiro atoms. The van der Waals surface area contributed by atoms with E-state index >= 15 is 0 Å². The summed E-state index contributed by atoms with van der Waals surface area (Å²) >= 11 is 6.00. The first kappa shape index (κ1) is 12.9. The van der Waals surface area contributed by atoms with Crippen molar-refractivity contribution in [3.8, 4) is 6.07 Å². The summed E-state index contributed by atoms with van der Waals surface area (Å²) in [5, 5.41) is 9.36. The zero-order chi connectivity index (χ0) is 13.1. The first-order chi connectivity index (χ1) is 8.63. The zero-order valence-electron chi connectivity index (χ0n) is 10.4. The number of nitriles is 1. The van der Waals surface area contributed by atoms with Crippen molar-refractivity contribution in [3.63, 3.8) is 0 Å². The van der Waals surface area contributed by atoms with E-state index in [-0.39, 0.29) is 10.8 Å². The summed E-state index contributed by atoms with van der Waals surface area (Å²) < 4.78 is 5.29. The van der Waals surface area contributed by atoms with Gasteiger partial charge in [0.1, 0.15) is 6.07 Å². The number of hydrogen-bond acceptors (Lipinski definition) is 6. The van der Waals surface area contributed by atoms with Crippen LogP contribution in [0.15, 0.2) is 0 Å². The molecule has 0 aliphatic carbocycles. The molecule has 18 heavy (non-hydrogen) atoms. The van der Waals surface area contributed by atoms with Gasteiger partial charge in [0.05, 0.1) is 13.2 Å². The molecule has 0 saturated carbocycles. The third-order valence-electron chi connectivity index (χ3n) is 2.66. The quantitative estimate of drug-likeness (QED) is 0.793. The molecule has 0 aromatic carbocycles. The van der Waals surface area contributed by atoms with E-state index in [4.69, 9.17) is 21.6 Å². The van der Waals surface area contributed by atoms with Crippen molar-refractivity contribution in [2.45, 2.75) is 0 Å². The molecule has 96 valence electrons. The number of aromatic nitrogens is 2. The molecule has 2 rings (SSSR count). The van der Waals surface area contributed by atoms with E-state index in [1.807, 2.05) is 25.1 Å². The van der Waals surface area contributed by atoms with E-state index in [1.54, 1.807) is 4.90 Å². The summed E-state index contributed by atoms with van der Waals surface area (Å²) in [7, 11) is 3.68. The minimum absolute atomic E-state index is 0.244. The maximum absolute atomic E-state index is 9.12. The Hall–Kier alpha value is -1.58. The standard InChI is InChI=1S/C11H14ClN5O/c1-16(2)11-9(12)14-8(7-13)10(15-11)17-3-5-18-6-4-17/h3-6H2,1-2H3. The normalized spacial score (nSPS) is 15.3. The van der Waals surface area contributed by atoms with Crippen molar-refractivity contribution < 1.29 is 4.74 Å². The Kier molecular flexibility index (Phi) is 3.84. The van der Waals surface area contributed by atoms with Crippen molar-refractivity contribution in [1.29, 1.82) is 5.26 Å². The molecule has 1 aliphatic rings. The average molecular weight is 268 g/mol. The van der Waals surface area contributed by atoms with Gasteiger partial charge < -0.3 is 14.5 Å². The number of anilines is 2. The second-order valence-corrected chi connectivity index (χ2v) is 4.47. The van der Waals surface area contributed by atoms with E-state index in [0.717, 1.165) is 0 Å². The van der Waals surface area contributed by atoms with E-state index in [2.05, 4.69) is 9.97 Å². The van der Waals surface area contributed by atoms with Gasteiger partial charge in [0.15, 0.2) is 22.5 Å². The molecule has 6 nitrogen and oxygen atoms in total. The Morgan fingerprint density at radius 3 is 2.56 bits per heavy atom. The van der Waals surface area contributed by atoms with Crippen molar-refractivity contribution >= 4 is 23.2 Å². The number of rotatable bonds is 2. The van der Waals surface area contributed by atoms with Gasteiger partial charge in [-0.3, -0.25) is 0 Å². The largest absolute Gasteiger partial charge is 0.378 e. The second-order valence-electron chi connectivity index (χ2n) is 4.12. The van der Waals surface area contributed by atoms with Gasteiger partial charge in [-0.2, -0.15) is 5.26 Å². The van der Waals surface area contributed by atoms with Crippen LogP contribution in [0.25, 0.3) is 0 Å². The first-order valence-electron chi connectivity index (χ1n) is 5.61. The van der Waals surface area contributed by atoms with Gasteiger partial charge in [0.25, 0.3) is 0 Å². The van der Waals surface area contributed by atoms with Crippen LogP contribution in [0.5, 0.6) is 0 Å². The van der Waals surface area contributed by atoms with Gasteiger partial charge in [-0.25, -0.2) is 9.97 Å². The molecule has 1 aliphatic heterocycles. The van der Waals surface area contributed by atoms with Gasteiger partial charge in [-0.1, -0.05) is 11.6 Å². The maximum atomic E-state index is 9.12. The molecule has 2 heterocycles. The van der Waals surface area contributed by atoms with Crippen molar-refractivity contribution in [1.82, 2.24) is 9.97 Å². The minimum Gasteiger partial charge on any atom is -0.378 e. The summed E-state index contributed by atoms with van der Waals surface area (Å²) in [4.78, 5) is 12.3.